The molecule has 24 nitrogen and oxygen atoms in total. The van der Waals surface area contributed by atoms with Crippen molar-refractivity contribution in [3.8, 4) is 33.8 Å². The monoisotopic (exact) mass is 1600 g/mol. The third-order valence-electron chi connectivity index (χ3n) is 24.3. The highest BCUT2D eigenvalue weighted by molar-refractivity contribution is 5.85. The van der Waals surface area contributed by atoms with Crippen LogP contribution in [0.3, 0.4) is 0 Å². The van der Waals surface area contributed by atoms with Gasteiger partial charge in [-0.3, -0.25) is 0 Å². The average Bonchev–Trinajstić information content (AvgIpc) is 1.59. The van der Waals surface area contributed by atoms with Crippen molar-refractivity contribution in [2.45, 2.75) is 157 Å². The van der Waals surface area contributed by atoms with Gasteiger partial charge in [-0.25, -0.2) is 86.2 Å². The van der Waals surface area contributed by atoms with Gasteiger partial charge in [-0.15, -0.1) is 0 Å². The van der Waals surface area contributed by atoms with Crippen LogP contribution in [0.2, 0.25) is 0 Å². The van der Waals surface area contributed by atoms with Crippen molar-refractivity contribution in [2.24, 2.45) is 17.8 Å². The summed E-state index contributed by atoms with van der Waals surface area (Å²) >= 11 is 0. The van der Waals surface area contributed by atoms with E-state index in [2.05, 4.69) is 111 Å². The lowest BCUT2D eigenvalue weighted by Crippen LogP contribution is -2.38. The number of pyridine rings is 3. The van der Waals surface area contributed by atoms with Gasteiger partial charge in [0, 0.05) is 70.1 Å². The van der Waals surface area contributed by atoms with Gasteiger partial charge >= 0.3 is 0 Å². The Balaban J connectivity index is 0.000000131. The first-order valence-corrected chi connectivity index (χ1v) is 40.8. The Kier molecular flexibility index (Phi) is 22.5. The predicted octanol–water partition coefficient (Wildman–Crippen LogP) is 17.3. The molecule has 30 heteroatoms. The number of imidazole rings is 3. The van der Waals surface area contributed by atoms with E-state index in [0.717, 1.165) is 153 Å². The first kappa shape index (κ1) is 80.3. The number of fused-ring (bicyclic) bond motifs is 3. The lowest BCUT2D eigenvalue weighted by molar-refractivity contribution is 0.120. The standard InChI is InChI=1S/3C29H33F2N7O/c3*1-5-37-10-8-20(9-11-37)29(16-39-29)21-6-7-25(32-14-21)35-28-33-15-23(31)26(36-28)19-12-22(30)27-24(13-19)38(17(2)3)18(4)34-27/h3*6-7,12-15,17,20H,5,8-11,16H2,1-4H3,(H,32,33,35,36)/t2*29-;/m10./s1. The number of hydrogen-bond acceptors (Lipinski definition) is 21. The van der Waals surface area contributed by atoms with Crippen molar-refractivity contribution >= 4 is 68.4 Å². The largest absolute Gasteiger partial charge is 0.364 e. The van der Waals surface area contributed by atoms with Crippen LogP contribution in [-0.4, -0.2) is 167 Å². The van der Waals surface area contributed by atoms with Gasteiger partial charge in [0.1, 0.15) is 85.4 Å². The molecule has 3 atom stereocenters. The molecular weight excluding hydrogens is 1500 g/mol. The molecule has 0 amide bonds. The SMILES string of the molecule is CCN1CCC(C2(c3ccc(Nc4ncc(F)c(-c5cc(F)c6nc(C)n(C(C)C)c6c5)n4)nc3)CO2)CC1.CCN1CCC([C@@]2(c3ccc(Nc4ncc(F)c(-c5cc(F)c6nc(C)n(C(C)C)c6c5)n4)nc3)CO2)CC1.CCN1CCC([C@]2(c3ccc(Nc4ncc(F)c(-c5cc(F)c6nc(C)n(C(C)C)c6c5)n4)nc3)CO2)CC1. The second-order valence-corrected chi connectivity index (χ2v) is 32.3. The Hall–Kier alpha value is -10.5. The minimum absolute atomic E-state index is 0.00262. The number of nitrogens with one attached hydrogen (secondary N) is 3. The normalized spacial score (nSPS) is 20.2. The predicted molar refractivity (Wildman–Crippen MR) is 437 cm³/mol. The molecule has 0 bridgehead atoms. The quantitative estimate of drug-likeness (QED) is 0.0446. The summed E-state index contributed by atoms with van der Waals surface area (Å²) in [4.78, 5) is 59.6. The minimum Gasteiger partial charge on any atom is -0.364 e. The summed E-state index contributed by atoms with van der Waals surface area (Å²) in [5.74, 6) is 2.15. The van der Waals surface area contributed by atoms with Gasteiger partial charge in [0.2, 0.25) is 17.8 Å². The summed E-state index contributed by atoms with van der Waals surface area (Å²) < 4.78 is 113. The van der Waals surface area contributed by atoms with Gasteiger partial charge in [-0.2, -0.15) is 0 Å². The van der Waals surface area contributed by atoms with E-state index >= 15 is 0 Å². The van der Waals surface area contributed by atoms with E-state index in [1.54, 1.807) is 18.2 Å². The fourth-order valence-electron chi connectivity index (χ4n) is 17.9. The van der Waals surface area contributed by atoms with E-state index in [4.69, 9.17) is 14.2 Å². The zero-order chi connectivity index (χ0) is 81.9. The molecule has 1 unspecified atom stereocenters. The van der Waals surface area contributed by atoms with Gasteiger partial charge < -0.3 is 58.6 Å². The summed E-state index contributed by atoms with van der Waals surface area (Å²) in [5.41, 5.74) is 6.02. The summed E-state index contributed by atoms with van der Waals surface area (Å²) in [6.07, 6.45) is 15.5. The molecule has 9 aromatic heterocycles. The highest BCUT2D eigenvalue weighted by atomic mass is 19.1. The van der Waals surface area contributed by atoms with Crippen LogP contribution < -0.4 is 16.0 Å². The maximum atomic E-state index is 15.0. The molecule has 0 radical (unpaired) electrons. The number of rotatable bonds is 21. The molecule has 3 aromatic carbocycles. The number of benzene rings is 3. The van der Waals surface area contributed by atoms with Crippen molar-refractivity contribution in [1.29, 1.82) is 0 Å². The van der Waals surface area contributed by atoms with Gasteiger partial charge in [-0.05, 0) is 232 Å². The van der Waals surface area contributed by atoms with E-state index in [1.165, 1.54) is 18.2 Å². The number of halogens is 6. The highest BCUT2D eigenvalue weighted by Gasteiger charge is 2.56. The Bertz CT molecular complexity index is 5060. The van der Waals surface area contributed by atoms with Crippen LogP contribution in [0.4, 0.5) is 61.6 Å². The van der Waals surface area contributed by atoms with Gasteiger partial charge in [0.25, 0.3) is 0 Å². The number of piperidine rings is 3. The number of nitrogens with zero attached hydrogens (tertiary/aromatic N) is 18. The topological polar surface area (TPSA) is 253 Å². The Morgan fingerprint density at radius 3 is 0.829 bits per heavy atom. The number of epoxide rings is 3. The van der Waals surface area contributed by atoms with Crippen LogP contribution >= 0.6 is 0 Å². The van der Waals surface area contributed by atoms with Crippen LogP contribution in [0, 0.1) is 73.4 Å². The third kappa shape index (κ3) is 16.0. The maximum absolute atomic E-state index is 15.0. The second kappa shape index (κ2) is 32.8. The molecule has 0 spiro atoms. The molecule has 612 valence electrons. The molecule has 15 heterocycles. The number of aryl methyl sites for hydroxylation is 3. The zero-order valence-electron chi connectivity index (χ0n) is 68.1. The fraction of sp³-hybridized carbons (Fsp3) is 0.448. The van der Waals surface area contributed by atoms with Crippen LogP contribution in [0.1, 0.15) is 153 Å². The van der Waals surface area contributed by atoms with E-state index in [1.807, 2.05) is 131 Å². The number of likely N-dealkylation sites (tertiary alicyclic amines) is 3. The lowest BCUT2D eigenvalue weighted by atomic mass is 9.80. The first-order valence-electron chi connectivity index (χ1n) is 40.8. The molecule has 6 aliphatic heterocycles. The van der Waals surface area contributed by atoms with E-state index in [0.29, 0.717) is 85.9 Å². The Labute approximate surface area is 675 Å². The molecule has 12 aromatic rings. The minimum atomic E-state index is -0.642. The maximum Gasteiger partial charge on any atom is 0.229 e. The molecule has 6 aliphatic rings. The summed E-state index contributed by atoms with van der Waals surface area (Å²) in [7, 11) is 0. The third-order valence-corrected chi connectivity index (χ3v) is 24.3. The molecule has 6 saturated heterocycles. The number of aromatic nitrogens is 15. The van der Waals surface area contributed by atoms with E-state index in [-0.39, 0.29) is 86.4 Å². The average molecular weight is 1600 g/mol. The van der Waals surface area contributed by atoms with Crippen molar-refractivity contribution < 1.29 is 40.6 Å². The lowest BCUT2D eigenvalue weighted by Gasteiger charge is -2.34. The zero-order valence-corrected chi connectivity index (χ0v) is 68.1. The smallest absolute Gasteiger partial charge is 0.229 e. The summed E-state index contributed by atoms with van der Waals surface area (Å²) in [5, 5.41) is 9.18. The van der Waals surface area contributed by atoms with Crippen molar-refractivity contribution in [3.63, 3.8) is 0 Å². The molecule has 18 rings (SSSR count). The van der Waals surface area contributed by atoms with Crippen molar-refractivity contribution in [2.75, 3.05) is 94.7 Å². The first-order chi connectivity index (χ1) is 56.4. The number of anilines is 6. The van der Waals surface area contributed by atoms with Crippen LogP contribution in [0.5, 0.6) is 0 Å². The van der Waals surface area contributed by atoms with Gasteiger partial charge in [-0.1, -0.05) is 39.0 Å². The summed E-state index contributed by atoms with van der Waals surface area (Å²) in [6.45, 7) is 36.1. The molecule has 0 aliphatic carbocycles. The molecule has 6 fully saturated rings. The highest BCUT2D eigenvalue weighted by Crippen LogP contribution is 2.52. The van der Waals surface area contributed by atoms with Gasteiger partial charge in [0.05, 0.1) is 55.0 Å². The van der Waals surface area contributed by atoms with Crippen LogP contribution in [0.25, 0.3) is 66.9 Å². The van der Waals surface area contributed by atoms with E-state index in [9.17, 15) is 26.3 Å². The fourth-order valence-corrected chi connectivity index (χ4v) is 17.9. The van der Waals surface area contributed by atoms with E-state index < -0.39 is 34.9 Å². The van der Waals surface area contributed by atoms with Crippen molar-refractivity contribution in [3.05, 3.63) is 179 Å². The Morgan fingerprint density at radius 2 is 0.615 bits per heavy atom. The van der Waals surface area contributed by atoms with Crippen LogP contribution in [-0.2, 0) is 31.0 Å². The summed E-state index contributed by atoms with van der Waals surface area (Å²) in [6, 6.07) is 20.8. The molecule has 3 N–H and O–H groups in total. The molecule has 0 saturated carbocycles. The molecule has 117 heavy (non-hydrogen) atoms. The second-order valence-electron chi connectivity index (χ2n) is 32.3. The number of ether oxygens (including phenoxy) is 3. The number of hydrogen-bond donors (Lipinski definition) is 3. The van der Waals surface area contributed by atoms with Gasteiger partial charge in [0.15, 0.2) is 34.9 Å². The van der Waals surface area contributed by atoms with Crippen LogP contribution in [0.15, 0.2) is 110 Å². The molecular formula is C87H99F6N21O3. The van der Waals surface area contributed by atoms with Crippen molar-refractivity contribution in [1.82, 2.24) is 88.2 Å². The Morgan fingerprint density at radius 1 is 0.359 bits per heavy atom.